The Bertz CT molecular complexity index is 113. The average Bonchev–Trinajstić information content (AvgIpc) is 2.09. The second-order valence-electron chi connectivity index (χ2n) is 3.09. The predicted octanol–water partition coefficient (Wildman–Crippen LogP) is 0.526. The zero-order valence-corrected chi connectivity index (χ0v) is 5.76. The third-order valence-electron chi connectivity index (χ3n) is 2.37. The van der Waals surface area contributed by atoms with Crippen LogP contribution in [-0.4, -0.2) is 24.8 Å². The van der Waals surface area contributed by atoms with Crippen molar-refractivity contribution < 1.29 is 4.74 Å². The molecule has 0 aromatic heterocycles. The minimum atomic E-state index is 0.517. The van der Waals surface area contributed by atoms with Crippen molar-refractivity contribution in [2.75, 3.05) is 6.61 Å². The summed E-state index contributed by atoms with van der Waals surface area (Å²) >= 11 is 0. The molecule has 0 spiro atoms. The lowest BCUT2D eigenvalue weighted by molar-refractivity contribution is 0.0294. The maximum absolute atomic E-state index is 5.52. The number of hydrogen-bond donors (Lipinski definition) is 1. The van der Waals surface area contributed by atoms with E-state index in [0.29, 0.717) is 12.1 Å². The van der Waals surface area contributed by atoms with Crippen molar-refractivity contribution in [3.05, 3.63) is 0 Å². The number of nitrogens with one attached hydrogen (secondary N) is 1. The lowest BCUT2D eigenvalue weighted by Crippen LogP contribution is -2.27. The molecule has 3 atom stereocenters. The molecule has 2 fully saturated rings. The Morgan fingerprint density at radius 3 is 3.11 bits per heavy atom. The predicted molar refractivity (Wildman–Crippen MR) is 35.4 cm³/mol. The first kappa shape index (κ1) is 5.69. The minimum absolute atomic E-state index is 0.517. The smallest absolute Gasteiger partial charge is 0.0740 e. The second-order valence-corrected chi connectivity index (χ2v) is 3.09. The first-order valence-electron chi connectivity index (χ1n) is 3.74. The third kappa shape index (κ3) is 0.864. The monoisotopic (exact) mass is 127 g/mol. The normalized spacial score (nSPS) is 49.7. The van der Waals surface area contributed by atoms with Crippen molar-refractivity contribution in [2.24, 2.45) is 0 Å². The van der Waals surface area contributed by atoms with Crippen LogP contribution in [0.15, 0.2) is 0 Å². The van der Waals surface area contributed by atoms with E-state index in [2.05, 4.69) is 12.2 Å². The summed E-state index contributed by atoms with van der Waals surface area (Å²) in [5.74, 6) is 0. The van der Waals surface area contributed by atoms with Crippen molar-refractivity contribution >= 4 is 0 Å². The summed E-state index contributed by atoms with van der Waals surface area (Å²) in [7, 11) is 0. The highest BCUT2D eigenvalue weighted by molar-refractivity contribution is 4.91. The molecule has 0 aromatic carbocycles. The molecule has 2 bridgehead atoms. The lowest BCUT2D eigenvalue weighted by Gasteiger charge is -2.18. The maximum atomic E-state index is 5.52. The van der Waals surface area contributed by atoms with Crippen LogP contribution in [0.5, 0.6) is 0 Å². The van der Waals surface area contributed by atoms with Gasteiger partial charge < -0.3 is 10.1 Å². The van der Waals surface area contributed by atoms with Crippen LogP contribution >= 0.6 is 0 Å². The summed E-state index contributed by atoms with van der Waals surface area (Å²) in [6.45, 7) is 3.17. The zero-order valence-electron chi connectivity index (χ0n) is 5.76. The van der Waals surface area contributed by atoms with Crippen molar-refractivity contribution in [3.8, 4) is 0 Å². The highest BCUT2D eigenvalue weighted by atomic mass is 16.5. The first-order chi connectivity index (χ1) is 4.36. The van der Waals surface area contributed by atoms with E-state index in [0.717, 1.165) is 12.6 Å². The molecule has 0 saturated carbocycles. The molecule has 2 heterocycles. The minimum Gasteiger partial charge on any atom is -0.376 e. The van der Waals surface area contributed by atoms with Gasteiger partial charge in [0, 0.05) is 18.7 Å². The van der Waals surface area contributed by atoms with E-state index >= 15 is 0 Å². The van der Waals surface area contributed by atoms with Gasteiger partial charge in [-0.1, -0.05) is 0 Å². The van der Waals surface area contributed by atoms with Gasteiger partial charge in [0.2, 0.25) is 0 Å². The van der Waals surface area contributed by atoms with Crippen molar-refractivity contribution in [1.29, 1.82) is 0 Å². The quantitative estimate of drug-likeness (QED) is 0.512. The van der Waals surface area contributed by atoms with Gasteiger partial charge in [-0.3, -0.25) is 0 Å². The average molecular weight is 127 g/mol. The molecular weight excluding hydrogens is 114 g/mol. The molecule has 3 unspecified atom stereocenters. The Morgan fingerprint density at radius 1 is 1.56 bits per heavy atom. The highest BCUT2D eigenvalue weighted by Crippen LogP contribution is 2.23. The molecule has 2 nitrogen and oxygen atoms in total. The van der Waals surface area contributed by atoms with Gasteiger partial charge >= 0.3 is 0 Å². The molecule has 0 amide bonds. The van der Waals surface area contributed by atoms with Gasteiger partial charge in [-0.2, -0.15) is 0 Å². The van der Waals surface area contributed by atoms with Crippen LogP contribution < -0.4 is 5.32 Å². The summed E-state index contributed by atoms with van der Waals surface area (Å²) in [6, 6.07) is 1.36. The molecule has 2 heteroatoms. The van der Waals surface area contributed by atoms with E-state index in [1.807, 2.05) is 0 Å². The van der Waals surface area contributed by atoms with Gasteiger partial charge in [0.05, 0.1) is 6.10 Å². The standard InChI is InChI=1S/C7H13NO/c1-5-7-4-6(8-5)2-3-9-7/h5-8H,2-4H2,1H3. The Labute approximate surface area is 55.6 Å². The van der Waals surface area contributed by atoms with Crippen molar-refractivity contribution in [3.63, 3.8) is 0 Å². The van der Waals surface area contributed by atoms with E-state index < -0.39 is 0 Å². The van der Waals surface area contributed by atoms with Crippen LogP contribution in [0, 0.1) is 0 Å². The van der Waals surface area contributed by atoms with Crippen LogP contribution in [0.1, 0.15) is 19.8 Å². The van der Waals surface area contributed by atoms with E-state index in [1.165, 1.54) is 12.8 Å². The SMILES string of the molecule is CC1NC2CCOC1C2. The van der Waals surface area contributed by atoms with Crippen LogP contribution in [0.2, 0.25) is 0 Å². The largest absolute Gasteiger partial charge is 0.376 e. The first-order valence-corrected chi connectivity index (χ1v) is 3.74. The van der Waals surface area contributed by atoms with E-state index in [-0.39, 0.29) is 0 Å². The molecular formula is C7H13NO. The molecule has 2 saturated heterocycles. The summed E-state index contributed by atoms with van der Waals surface area (Å²) in [4.78, 5) is 0. The van der Waals surface area contributed by atoms with E-state index in [4.69, 9.17) is 4.74 Å². The Kier molecular flexibility index (Phi) is 1.24. The summed E-state index contributed by atoms with van der Waals surface area (Å²) in [5.41, 5.74) is 0. The molecule has 9 heavy (non-hydrogen) atoms. The molecule has 0 aromatic rings. The maximum Gasteiger partial charge on any atom is 0.0740 e. The summed E-state index contributed by atoms with van der Waals surface area (Å²) < 4.78 is 5.52. The van der Waals surface area contributed by atoms with E-state index in [9.17, 15) is 0 Å². The number of rotatable bonds is 0. The summed E-state index contributed by atoms with van der Waals surface area (Å²) in [5, 5.41) is 3.49. The molecule has 0 radical (unpaired) electrons. The summed E-state index contributed by atoms with van der Waals surface area (Å²) in [6.07, 6.45) is 2.96. The Morgan fingerprint density at radius 2 is 2.44 bits per heavy atom. The highest BCUT2D eigenvalue weighted by Gasteiger charge is 2.34. The molecule has 0 aliphatic carbocycles. The fourth-order valence-corrected chi connectivity index (χ4v) is 1.81. The number of hydrogen-bond acceptors (Lipinski definition) is 2. The number of ether oxygens (including phenoxy) is 1. The molecule has 1 N–H and O–H groups in total. The second kappa shape index (κ2) is 1.96. The Balaban J connectivity index is 2.07. The van der Waals surface area contributed by atoms with E-state index in [1.54, 1.807) is 0 Å². The van der Waals surface area contributed by atoms with Crippen molar-refractivity contribution in [1.82, 2.24) is 5.32 Å². The molecule has 2 aliphatic rings. The Hall–Kier alpha value is -0.0800. The zero-order chi connectivity index (χ0) is 6.27. The fourth-order valence-electron chi connectivity index (χ4n) is 1.81. The van der Waals surface area contributed by atoms with Crippen LogP contribution in [0.25, 0.3) is 0 Å². The molecule has 2 aliphatic heterocycles. The molecule has 52 valence electrons. The lowest BCUT2D eigenvalue weighted by atomic mass is 10.1. The third-order valence-corrected chi connectivity index (χ3v) is 2.37. The van der Waals surface area contributed by atoms with Crippen molar-refractivity contribution in [2.45, 2.75) is 38.0 Å². The topological polar surface area (TPSA) is 21.3 Å². The van der Waals surface area contributed by atoms with Gasteiger partial charge in [0.25, 0.3) is 0 Å². The fraction of sp³-hybridized carbons (Fsp3) is 1.00. The van der Waals surface area contributed by atoms with Gasteiger partial charge in [0.1, 0.15) is 0 Å². The van der Waals surface area contributed by atoms with Crippen LogP contribution in [-0.2, 0) is 4.74 Å². The van der Waals surface area contributed by atoms with Crippen LogP contribution in [0.3, 0.4) is 0 Å². The van der Waals surface area contributed by atoms with Gasteiger partial charge in [-0.05, 0) is 19.8 Å². The molecule has 2 rings (SSSR count). The number of fused-ring (bicyclic) bond motifs is 2. The van der Waals surface area contributed by atoms with Gasteiger partial charge in [0.15, 0.2) is 0 Å². The van der Waals surface area contributed by atoms with Gasteiger partial charge in [-0.15, -0.1) is 0 Å². The van der Waals surface area contributed by atoms with Gasteiger partial charge in [-0.25, -0.2) is 0 Å². The van der Waals surface area contributed by atoms with Crippen LogP contribution in [0.4, 0.5) is 0 Å².